The van der Waals surface area contributed by atoms with Gasteiger partial charge in [0.15, 0.2) is 0 Å². The van der Waals surface area contributed by atoms with Gasteiger partial charge in [-0.05, 0) is 25.0 Å². The molecular weight excluding hydrogens is 324 g/mol. The van der Waals surface area contributed by atoms with E-state index >= 15 is 0 Å². The van der Waals surface area contributed by atoms with Crippen molar-refractivity contribution < 1.29 is 14.3 Å². The number of hydrogen-bond donors (Lipinski definition) is 0. The second-order valence-electron chi connectivity index (χ2n) is 7.71. The van der Waals surface area contributed by atoms with E-state index in [-0.39, 0.29) is 41.0 Å². The molecule has 1 heterocycles. The predicted octanol–water partition coefficient (Wildman–Crippen LogP) is 3.88. The van der Waals surface area contributed by atoms with Crippen molar-refractivity contribution in [3.8, 4) is 0 Å². The highest BCUT2D eigenvalue weighted by atomic mass is 16.6. The summed E-state index contributed by atoms with van der Waals surface area (Å²) in [6.45, 7) is 4.24. The summed E-state index contributed by atoms with van der Waals surface area (Å²) >= 11 is 0. The molecule has 3 aliphatic rings. The van der Waals surface area contributed by atoms with Gasteiger partial charge in [-0.15, -0.1) is 0 Å². The Morgan fingerprint density at radius 3 is 1.46 bits per heavy atom. The molecule has 1 saturated carbocycles. The van der Waals surface area contributed by atoms with Crippen molar-refractivity contribution in [1.82, 2.24) is 0 Å². The fourth-order valence-corrected chi connectivity index (χ4v) is 6.00. The Kier molecular flexibility index (Phi) is 3.09. The monoisotopic (exact) mass is 344 g/mol. The van der Waals surface area contributed by atoms with E-state index in [1.165, 1.54) is 22.3 Å². The lowest BCUT2D eigenvalue weighted by molar-refractivity contribution is -0.155. The Hall–Kier alpha value is -2.68. The van der Waals surface area contributed by atoms with Crippen LogP contribution in [-0.2, 0) is 19.7 Å². The van der Waals surface area contributed by atoms with Crippen LogP contribution in [0.3, 0.4) is 0 Å². The van der Waals surface area contributed by atoms with Crippen LogP contribution in [0.4, 0.5) is 0 Å². The highest BCUT2D eigenvalue weighted by Crippen LogP contribution is 2.69. The van der Waals surface area contributed by atoms with Gasteiger partial charge in [0.1, 0.15) is 0 Å². The third-order valence-electron chi connectivity index (χ3n) is 6.89. The molecule has 2 aromatic carbocycles. The van der Waals surface area contributed by atoms with E-state index in [0.29, 0.717) is 0 Å². The van der Waals surface area contributed by atoms with Crippen LogP contribution in [0.25, 0.3) is 0 Å². The topological polar surface area (TPSA) is 43.4 Å². The molecule has 4 atom stereocenters. The van der Waals surface area contributed by atoms with E-state index in [9.17, 15) is 9.59 Å². The molecule has 0 radical (unpaired) electrons. The first-order chi connectivity index (χ1) is 12.6. The quantitative estimate of drug-likeness (QED) is 0.472. The SMILES string of the molecule is CC1=C(C)C2C3C(=O)OC(=O)C3C1C2(c1ccccc1)c1ccccc1. The molecule has 3 nitrogen and oxygen atoms in total. The molecule has 0 amide bonds. The first-order valence-electron chi connectivity index (χ1n) is 9.12. The number of carbonyl (C=O) groups excluding carboxylic acids is 2. The smallest absolute Gasteiger partial charge is 0.318 e. The average Bonchev–Trinajstić information content (AvgIpc) is 3.22. The lowest BCUT2D eigenvalue weighted by atomic mass is 9.64. The fourth-order valence-electron chi connectivity index (χ4n) is 6.00. The molecule has 3 heteroatoms. The molecule has 26 heavy (non-hydrogen) atoms. The van der Waals surface area contributed by atoms with Crippen LogP contribution in [0.15, 0.2) is 71.8 Å². The number of carbonyl (C=O) groups is 2. The second kappa shape index (κ2) is 5.16. The average molecular weight is 344 g/mol. The number of hydrogen-bond acceptors (Lipinski definition) is 3. The maximum absolute atomic E-state index is 12.6. The van der Waals surface area contributed by atoms with Crippen molar-refractivity contribution in [3.05, 3.63) is 82.9 Å². The van der Waals surface area contributed by atoms with Crippen molar-refractivity contribution in [2.45, 2.75) is 19.3 Å². The Morgan fingerprint density at radius 1 is 0.692 bits per heavy atom. The number of rotatable bonds is 2. The second-order valence-corrected chi connectivity index (χ2v) is 7.71. The summed E-state index contributed by atoms with van der Waals surface area (Å²) in [4.78, 5) is 25.2. The summed E-state index contributed by atoms with van der Waals surface area (Å²) in [5.74, 6) is -1.54. The molecular formula is C23H20O3. The fraction of sp³-hybridized carbons (Fsp3) is 0.304. The number of cyclic esters (lactones) is 2. The minimum atomic E-state index is -0.388. The van der Waals surface area contributed by atoms with Gasteiger partial charge in [-0.1, -0.05) is 71.8 Å². The van der Waals surface area contributed by atoms with Crippen LogP contribution in [0.5, 0.6) is 0 Å². The van der Waals surface area contributed by atoms with E-state index in [2.05, 4.69) is 38.1 Å². The number of fused-ring (bicyclic) bond motifs is 5. The van der Waals surface area contributed by atoms with Crippen LogP contribution in [0.2, 0.25) is 0 Å². The van der Waals surface area contributed by atoms with Crippen molar-refractivity contribution in [3.63, 3.8) is 0 Å². The van der Waals surface area contributed by atoms with Gasteiger partial charge >= 0.3 is 11.9 Å². The van der Waals surface area contributed by atoms with Crippen LogP contribution in [-0.4, -0.2) is 11.9 Å². The third-order valence-corrected chi connectivity index (χ3v) is 6.89. The molecule has 4 unspecified atom stereocenters. The molecule has 1 aliphatic heterocycles. The van der Waals surface area contributed by atoms with Crippen LogP contribution < -0.4 is 0 Å². The van der Waals surface area contributed by atoms with E-state index in [1.54, 1.807) is 0 Å². The van der Waals surface area contributed by atoms with E-state index in [0.717, 1.165) is 0 Å². The highest BCUT2D eigenvalue weighted by molar-refractivity contribution is 5.99. The van der Waals surface area contributed by atoms with Gasteiger partial charge in [0.2, 0.25) is 0 Å². The zero-order valence-electron chi connectivity index (χ0n) is 14.8. The Labute approximate surface area is 152 Å². The number of allylic oxidation sites excluding steroid dienone is 2. The van der Waals surface area contributed by atoms with Crippen molar-refractivity contribution in [2.24, 2.45) is 23.7 Å². The number of ether oxygens (including phenoxy) is 1. The highest BCUT2D eigenvalue weighted by Gasteiger charge is 2.73. The van der Waals surface area contributed by atoms with E-state index in [4.69, 9.17) is 4.74 Å². The lowest BCUT2D eigenvalue weighted by Gasteiger charge is -2.38. The Morgan fingerprint density at radius 2 is 1.08 bits per heavy atom. The molecule has 2 fully saturated rings. The molecule has 2 aromatic rings. The van der Waals surface area contributed by atoms with Gasteiger partial charge in [0.05, 0.1) is 11.8 Å². The minimum Gasteiger partial charge on any atom is -0.393 e. The van der Waals surface area contributed by atoms with Crippen LogP contribution in [0.1, 0.15) is 25.0 Å². The van der Waals surface area contributed by atoms with Gasteiger partial charge in [-0.2, -0.15) is 0 Å². The maximum atomic E-state index is 12.6. The molecule has 0 spiro atoms. The summed E-state index contributed by atoms with van der Waals surface area (Å²) in [5, 5.41) is 0. The Balaban J connectivity index is 1.85. The molecule has 0 N–H and O–H groups in total. The molecule has 130 valence electrons. The van der Waals surface area contributed by atoms with Crippen molar-refractivity contribution >= 4 is 11.9 Å². The number of benzene rings is 2. The predicted molar refractivity (Wildman–Crippen MR) is 97.1 cm³/mol. The maximum Gasteiger partial charge on any atom is 0.318 e. The van der Waals surface area contributed by atoms with Gasteiger partial charge in [0.25, 0.3) is 0 Å². The van der Waals surface area contributed by atoms with Crippen molar-refractivity contribution in [1.29, 1.82) is 0 Å². The lowest BCUT2D eigenvalue weighted by Crippen LogP contribution is -2.38. The van der Waals surface area contributed by atoms with E-state index < -0.39 is 0 Å². The zero-order chi connectivity index (χ0) is 18.1. The normalized spacial score (nSPS) is 31.3. The van der Waals surface area contributed by atoms with Gasteiger partial charge < -0.3 is 4.74 Å². The zero-order valence-corrected chi connectivity index (χ0v) is 14.8. The summed E-state index contributed by atoms with van der Waals surface area (Å²) in [6, 6.07) is 20.7. The number of esters is 2. The summed E-state index contributed by atoms with van der Waals surface area (Å²) in [7, 11) is 0. The van der Waals surface area contributed by atoms with Gasteiger partial charge in [-0.25, -0.2) is 0 Å². The minimum absolute atomic E-state index is 0.0405. The third kappa shape index (κ3) is 1.64. The molecule has 1 saturated heterocycles. The van der Waals surface area contributed by atoms with Crippen LogP contribution in [0, 0.1) is 23.7 Å². The standard InChI is InChI=1S/C23H20O3/c1-13-14(2)20-18-17(21(24)26-22(18)25)19(13)23(20,15-9-5-3-6-10-15)16-11-7-4-8-12-16/h3-12,17-20H,1-2H3. The Bertz CT molecular complexity index is 864. The summed E-state index contributed by atoms with van der Waals surface area (Å²) < 4.78 is 5.07. The largest absolute Gasteiger partial charge is 0.393 e. The van der Waals surface area contributed by atoms with Gasteiger partial charge in [0, 0.05) is 17.3 Å². The van der Waals surface area contributed by atoms with Crippen molar-refractivity contribution in [2.75, 3.05) is 0 Å². The molecule has 2 bridgehead atoms. The molecule has 5 rings (SSSR count). The molecule has 0 aromatic heterocycles. The first-order valence-corrected chi connectivity index (χ1v) is 9.12. The van der Waals surface area contributed by atoms with E-state index in [1.807, 2.05) is 36.4 Å². The first kappa shape index (κ1) is 15.6. The summed E-state index contributed by atoms with van der Waals surface area (Å²) in [5.41, 5.74) is 4.42. The van der Waals surface area contributed by atoms with Gasteiger partial charge in [-0.3, -0.25) is 9.59 Å². The molecule has 2 aliphatic carbocycles. The van der Waals surface area contributed by atoms with Crippen LogP contribution >= 0.6 is 0 Å². The summed E-state index contributed by atoms with van der Waals surface area (Å²) in [6.07, 6.45) is 0.